The van der Waals surface area contributed by atoms with Crippen molar-refractivity contribution in [2.45, 2.75) is 58.9 Å². The average molecular weight is 252 g/mol. The molecule has 0 spiro atoms. The molecule has 0 aromatic carbocycles. The largest absolute Gasteiger partial charge is 0.329 e. The van der Waals surface area contributed by atoms with Gasteiger partial charge in [0.15, 0.2) is 0 Å². The molecule has 2 N–H and O–H groups in total. The quantitative estimate of drug-likeness (QED) is 0.787. The minimum atomic E-state index is 0.345. The molecule has 18 heavy (non-hydrogen) atoms. The van der Waals surface area contributed by atoms with Crippen molar-refractivity contribution in [1.29, 1.82) is 0 Å². The van der Waals surface area contributed by atoms with Gasteiger partial charge in [-0.05, 0) is 42.9 Å². The lowest BCUT2D eigenvalue weighted by Crippen LogP contribution is -2.59. The Kier molecular flexibility index (Phi) is 4.38. The molecule has 0 aromatic rings. The highest BCUT2D eigenvalue weighted by molar-refractivity contribution is 5.08. The van der Waals surface area contributed by atoms with Crippen molar-refractivity contribution in [3.05, 3.63) is 0 Å². The number of hydrogen-bond acceptors (Lipinski definition) is 2. The molecule has 2 aliphatic carbocycles. The molecule has 2 heteroatoms. The van der Waals surface area contributed by atoms with Crippen molar-refractivity contribution in [2.75, 3.05) is 19.6 Å². The maximum absolute atomic E-state index is 6.27. The van der Waals surface area contributed by atoms with Crippen molar-refractivity contribution in [3.63, 3.8) is 0 Å². The lowest BCUT2D eigenvalue weighted by Gasteiger charge is -2.48. The SMILES string of the molecule is CC(C)CN(CC(C)C)C1(CN)CC2CCC1C2. The van der Waals surface area contributed by atoms with Crippen LogP contribution in [-0.4, -0.2) is 30.1 Å². The molecule has 2 rings (SSSR count). The molecule has 106 valence electrons. The standard InChI is InChI=1S/C16H32N2/c1-12(2)9-18(10-13(3)4)16(11-17)8-14-5-6-15(16)7-14/h12-15H,5-11,17H2,1-4H3. The first-order chi connectivity index (χ1) is 8.48. The zero-order valence-corrected chi connectivity index (χ0v) is 12.8. The van der Waals surface area contributed by atoms with E-state index in [2.05, 4.69) is 32.6 Å². The van der Waals surface area contributed by atoms with Gasteiger partial charge in [0, 0.05) is 25.2 Å². The maximum atomic E-state index is 6.27. The van der Waals surface area contributed by atoms with Crippen LogP contribution in [0.15, 0.2) is 0 Å². The third kappa shape index (κ3) is 2.60. The molecule has 2 bridgehead atoms. The summed E-state index contributed by atoms with van der Waals surface area (Å²) in [5, 5.41) is 0. The van der Waals surface area contributed by atoms with Crippen LogP contribution in [0.5, 0.6) is 0 Å². The predicted octanol–water partition coefficient (Wildman–Crippen LogP) is 3.12. The van der Waals surface area contributed by atoms with Crippen LogP contribution in [0.2, 0.25) is 0 Å². The van der Waals surface area contributed by atoms with Crippen molar-refractivity contribution in [1.82, 2.24) is 4.90 Å². The lowest BCUT2D eigenvalue weighted by molar-refractivity contribution is 0.0226. The first kappa shape index (κ1) is 14.3. The lowest BCUT2D eigenvalue weighted by atomic mass is 9.78. The highest BCUT2D eigenvalue weighted by Gasteiger charge is 2.53. The smallest absolute Gasteiger partial charge is 0.0362 e. The van der Waals surface area contributed by atoms with E-state index in [0.29, 0.717) is 5.54 Å². The molecule has 2 saturated carbocycles. The number of fused-ring (bicyclic) bond motifs is 2. The minimum absolute atomic E-state index is 0.345. The molecule has 0 aromatic heterocycles. The van der Waals surface area contributed by atoms with Crippen LogP contribution in [0.4, 0.5) is 0 Å². The molecular formula is C16H32N2. The van der Waals surface area contributed by atoms with Crippen LogP contribution in [0.1, 0.15) is 53.4 Å². The van der Waals surface area contributed by atoms with Gasteiger partial charge >= 0.3 is 0 Å². The van der Waals surface area contributed by atoms with Crippen LogP contribution >= 0.6 is 0 Å². The van der Waals surface area contributed by atoms with Gasteiger partial charge in [0.25, 0.3) is 0 Å². The Morgan fingerprint density at radius 2 is 1.72 bits per heavy atom. The van der Waals surface area contributed by atoms with Crippen molar-refractivity contribution < 1.29 is 0 Å². The van der Waals surface area contributed by atoms with Crippen LogP contribution < -0.4 is 5.73 Å². The first-order valence-corrected chi connectivity index (χ1v) is 7.93. The Hall–Kier alpha value is -0.0800. The minimum Gasteiger partial charge on any atom is -0.329 e. The summed E-state index contributed by atoms with van der Waals surface area (Å²) in [6.07, 6.45) is 5.70. The van der Waals surface area contributed by atoms with Gasteiger partial charge in [0.1, 0.15) is 0 Å². The van der Waals surface area contributed by atoms with Gasteiger partial charge < -0.3 is 5.73 Å². The summed E-state index contributed by atoms with van der Waals surface area (Å²) >= 11 is 0. The molecule has 0 saturated heterocycles. The normalized spacial score (nSPS) is 35.3. The van der Waals surface area contributed by atoms with Crippen LogP contribution in [-0.2, 0) is 0 Å². The number of nitrogens with two attached hydrogens (primary N) is 1. The molecule has 3 atom stereocenters. The fourth-order valence-corrected chi connectivity index (χ4v) is 4.50. The van der Waals surface area contributed by atoms with Crippen LogP contribution in [0, 0.1) is 23.7 Å². The van der Waals surface area contributed by atoms with Crippen molar-refractivity contribution in [3.8, 4) is 0 Å². The third-order valence-electron chi connectivity index (χ3n) is 5.10. The summed E-state index contributed by atoms with van der Waals surface area (Å²) in [7, 11) is 0. The van der Waals surface area contributed by atoms with Gasteiger partial charge in [-0.15, -0.1) is 0 Å². The highest BCUT2D eigenvalue weighted by atomic mass is 15.2. The summed E-state index contributed by atoms with van der Waals surface area (Å²) in [5.74, 6) is 3.34. The average Bonchev–Trinajstić information content (AvgIpc) is 2.86. The molecule has 0 heterocycles. The molecule has 0 amide bonds. The molecular weight excluding hydrogens is 220 g/mol. The van der Waals surface area contributed by atoms with E-state index in [-0.39, 0.29) is 0 Å². The topological polar surface area (TPSA) is 29.3 Å². The van der Waals surface area contributed by atoms with Gasteiger partial charge in [0.05, 0.1) is 0 Å². The summed E-state index contributed by atoms with van der Waals surface area (Å²) in [4.78, 5) is 2.77. The van der Waals surface area contributed by atoms with Crippen molar-refractivity contribution in [2.24, 2.45) is 29.4 Å². The van der Waals surface area contributed by atoms with E-state index in [1.807, 2.05) is 0 Å². The summed E-state index contributed by atoms with van der Waals surface area (Å²) in [6, 6.07) is 0. The maximum Gasteiger partial charge on any atom is 0.0362 e. The zero-order chi connectivity index (χ0) is 13.3. The van der Waals surface area contributed by atoms with E-state index in [9.17, 15) is 0 Å². The fourth-order valence-electron chi connectivity index (χ4n) is 4.50. The second-order valence-electron chi connectivity index (χ2n) is 7.58. The zero-order valence-electron chi connectivity index (χ0n) is 12.8. The summed E-state index contributed by atoms with van der Waals surface area (Å²) in [5.41, 5.74) is 6.61. The van der Waals surface area contributed by atoms with Crippen molar-refractivity contribution >= 4 is 0 Å². The first-order valence-electron chi connectivity index (χ1n) is 7.93. The highest BCUT2D eigenvalue weighted by Crippen LogP contribution is 2.53. The molecule has 0 aliphatic heterocycles. The van der Waals surface area contributed by atoms with Crippen LogP contribution in [0.3, 0.4) is 0 Å². The number of rotatable bonds is 6. The molecule has 2 aliphatic rings. The Morgan fingerprint density at radius 3 is 2.06 bits per heavy atom. The second-order valence-corrected chi connectivity index (χ2v) is 7.58. The predicted molar refractivity (Wildman–Crippen MR) is 78.5 cm³/mol. The monoisotopic (exact) mass is 252 g/mol. The van der Waals surface area contributed by atoms with Gasteiger partial charge in [-0.2, -0.15) is 0 Å². The summed E-state index contributed by atoms with van der Waals surface area (Å²) < 4.78 is 0. The number of nitrogens with zero attached hydrogens (tertiary/aromatic N) is 1. The molecule has 2 nitrogen and oxygen atoms in total. The van der Waals surface area contributed by atoms with Gasteiger partial charge in [0.2, 0.25) is 0 Å². The Labute approximate surface area is 113 Å². The Balaban J connectivity index is 2.15. The van der Waals surface area contributed by atoms with E-state index in [4.69, 9.17) is 5.73 Å². The number of hydrogen-bond donors (Lipinski definition) is 1. The molecule has 3 unspecified atom stereocenters. The van der Waals surface area contributed by atoms with E-state index in [0.717, 1.165) is 30.2 Å². The van der Waals surface area contributed by atoms with E-state index < -0.39 is 0 Å². The van der Waals surface area contributed by atoms with E-state index >= 15 is 0 Å². The van der Waals surface area contributed by atoms with Gasteiger partial charge in [-0.3, -0.25) is 4.90 Å². The molecule has 2 fully saturated rings. The molecule has 0 radical (unpaired) electrons. The third-order valence-corrected chi connectivity index (χ3v) is 5.10. The fraction of sp³-hybridized carbons (Fsp3) is 1.00. The second kappa shape index (κ2) is 5.50. The van der Waals surface area contributed by atoms with E-state index in [1.54, 1.807) is 0 Å². The van der Waals surface area contributed by atoms with Crippen LogP contribution in [0.25, 0.3) is 0 Å². The van der Waals surface area contributed by atoms with Gasteiger partial charge in [-0.25, -0.2) is 0 Å². The van der Waals surface area contributed by atoms with E-state index in [1.165, 1.54) is 38.8 Å². The summed E-state index contributed by atoms with van der Waals surface area (Å²) in [6.45, 7) is 12.7. The Morgan fingerprint density at radius 1 is 1.11 bits per heavy atom. The Bertz CT molecular complexity index is 264. The van der Waals surface area contributed by atoms with Gasteiger partial charge in [-0.1, -0.05) is 34.1 Å².